The standard InChI is InChI=1S/C46H29N3/c1-4-12-29(13-5-1)34-23-37-38-24-35(30-14-6-2-7-15-30)26-40-44-28-36(31-16-8-3-9-17-31)27-43(48-44)33-19-10-18-32(22-33)41-20-11-21-42(47-41)39(25-34)45(37)49-46(38)40/h1-28,49H. The SMILES string of the molecule is c1ccc(-c2cc3nc(c2)-c2cc(-c4ccccc4)cc4c2[nH]c2c(cc(-c5ccccc5)cc24)-c2cccc(n2)-c2cccc-3c2)cc1. The number of nitrogens with zero attached hydrogens (tertiary/aromatic N) is 2. The number of hydrogen-bond donors (Lipinski definition) is 1. The Labute approximate surface area is 284 Å². The Morgan fingerprint density at radius 3 is 1.31 bits per heavy atom. The number of hydrogen-bond acceptors (Lipinski definition) is 2. The molecule has 3 aromatic heterocycles. The molecule has 0 radical (unpaired) electrons. The van der Waals surface area contributed by atoms with Crippen LogP contribution in [-0.4, -0.2) is 15.0 Å². The van der Waals surface area contributed by atoms with E-state index in [1.54, 1.807) is 0 Å². The van der Waals surface area contributed by atoms with Crippen LogP contribution in [0.4, 0.5) is 0 Å². The molecule has 6 aromatic carbocycles. The largest absolute Gasteiger partial charge is 0.353 e. The third-order valence-corrected chi connectivity index (χ3v) is 9.72. The summed E-state index contributed by atoms with van der Waals surface area (Å²) < 4.78 is 0. The second-order valence-electron chi connectivity index (χ2n) is 12.7. The number of aromatic nitrogens is 3. The Balaban J connectivity index is 1.39. The molecule has 1 aliphatic heterocycles. The average Bonchev–Trinajstić information content (AvgIpc) is 3.56. The molecule has 1 N–H and O–H groups in total. The van der Waals surface area contributed by atoms with Gasteiger partial charge in [0, 0.05) is 33.0 Å². The topological polar surface area (TPSA) is 41.6 Å². The first-order chi connectivity index (χ1) is 24.2. The van der Waals surface area contributed by atoms with Crippen LogP contribution in [0.5, 0.6) is 0 Å². The highest BCUT2D eigenvalue weighted by atomic mass is 14.8. The first kappa shape index (κ1) is 27.5. The van der Waals surface area contributed by atoms with Crippen molar-refractivity contribution in [2.24, 2.45) is 0 Å². The normalized spacial score (nSPS) is 11.7. The summed E-state index contributed by atoms with van der Waals surface area (Å²) in [5, 5.41) is 2.32. The molecule has 10 rings (SSSR count). The third-order valence-electron chi connectivity index (χ3n) is 9.72. The van der Waals surface area contributed by atoms with Gasteiger partial charge in [-0.15, -0.1) is 0 Å². The predicted octanol–water partition coefficient (Wildman–Crippen LogP) is 12.1. The Kier molecular flexibility index (Phi) is 6.18. The van der Waals surface area contributed by atoms with Gasteiger partial charge in [0.2, 0.25) is 0 Å². The summed E-state index contributed by atoms with van der Waals surface area (Å²) in [4.78, 5) is 14.7. The van der Waals surface area contributed by atoms with E-state index in [9.17, 15) is 0 Å². The fourth-order valence-corrected chi connectivity index (χ4v) is 7.30. The molecule has 1 aliphatic rings. The molecule has 0 saturated heterocycles. The van der Waals surface area contributed by atoms with Gasteiger partial charge in [-0.3, -0.25) is 0 Å². The smallest absolute Gasteiger partial charge is 0.0737 e. The van der Waals surface area contributed by atoms with Crippen LogP contribution in [0.2, 0.25) is 0 Å². The van der Waals surface area contributed by atoms with Crippen molar-refractivity contribution in [2.75, 3.05) is 0 Å². The number of benzene rings is 6. The van der Waals surface area contributed by atoms with Crippen LogP contribution in [0.25, 0.3) is 100 Å². The Bertz CT molecular complexity index is 2690. The fourth-order valence-electron chi connectivity index (χ4n) is 7.30. The van der Waals surface area contributed by atoms with Crippen LogP contribution < -0.4 is 0 Å². The molecule has 0 aliphatic carbocycles. The third kappa shape index (κ3) is 4.67. The van der Waals surface area contributed by atoms with E-state index in [1.807, 2.05) is 0 Å². The van der Waals surface area contributed by atoms with E-state index in [0.29, 0.717) is 0 Å². The molecule has 4 heterocycles. The molecular weight excluding hydrogens is 595 g/mol. The predicted molar refractivity (Wildman–Crippen MR) is 203 cm³/mol. The lowest BCUT2D eigenvalue weighted by Crippen LogP contribution is -1.94. The van der Waals surface area contributed by atoms with Gasteiger partial charge in [-0.2, -0.15) is 0 Å². The lowest BCUT2D eigenvalue weighted by Gasteiger charge is -2.14. The monoisotopic (exact) mass is 623 g/mol. The van der Waals surface area contributed by atoms with Gasteiger partial charge in [0.1, 0.15) is 0 Å². The van der Waals surface area contributed by atoms with E-state index in [-0.39, 0.29) is 0 Å². The zero-order valence-corrected chi connectivity index (χ0v) is 26.6. The number of aromatic amines is 1. The molecule has 49 heavy (non-hydrogen) atoms. The number of fused-ring (bicyclic) bond motifs is 11. The highest BCUT2D eigenvalue weighted by molar-refractivity contribution is 6.17. The lowest BCUT2D eigenvalue weighted by atomic mass is 9.94. The molecule has 0 unspecified atom stereocenters. The van der Waals surface area contributed by atoms with Crippen LogP contribution in [-0.2, 0) is 0 Å². The quantitative estimate of drug-likeness (QED) is 0.213. The zero-order valence-electron chi connectivity index (χ0n) is 26.6. The summed E-state index contributed by atoms with van der Waals surface area (Å²) in [6.07, 6.45) is 0. The van der Waals surface area contributed by atoms with Crippen molar-refractivity contribution in [1.82, 2.24) is 15.0 Å². The molecule has 9 aromatic rings. The summed E-state index contributed by atoms with van der Waals surface area (Å²) in [5.41, 5.74) is 17.0. The summed E-state index contributed by atoms with van der Waals surface area (Å²) in [7, 11) is 0. The maximum atomic E-state index is 5.43. The van der Waals surface area contributed by atoms with Gasteiger partial charge in [-0.05, 0) is 88.0 Å². The number of pyridine rings is 2. The van der Waals surface area contributed by atoms with Crippen molar-refractivity contribution in [3.8, 4) is 78.4 Å². The minimum Gasteiger partial charge on any atom is -0.353 e. The van der Waals surface area contributed by atoms with E-state index >= 15 is 0 Å². The van der Waals surface area contributed by atoms with E-state index in [2.05, 4.69) is 175 Å². The Morgan fingerprint density at radius 1 is 0.286 bits per heavy atom. The average molecular weight is 624 g/mol. The van der Waals surface area contributed by atoms with Crippen molar-refractivity contribution in [1.29, 1.82) is 0 Å². The maximum absolute atomic E-state index is 5.43. The molecule has 0 atom stereocenters. The van der Waals surface area contributed by atoms with Gasteiger partial charge in [-0.25, -0.2) is 9.97 Å². The molecule has 0 saturated carbocycles. The summed E-state index contributed by atoms with van der Waals surface area (Å²) >= 11 is 0. The van der Waals surface area contributed by atoms with Crippen LogP contribution >= 0.6 is 0 Å². The van der Waals surface area contributed by atoms with Crippen molar-refractivity contribution >= 4 is 21.8 Å². The number of rotatable bonds is 3. The molecular formula is C46H29N3. The summed E-state index contributed by atoms with van der Waals surface area (Å²) in [6, 6.07) is 60.5. The summed E-state index contributed by atoms with van der Waals surface area (Å²) in [5.74, 6) is 0. The van der Waals surface area contributed by atoms with E-state index in [4.69, 9.17) is 9.97 Å². The molecule has 0 amide bonds. The van der Waals surface area contributed by atoms with Crippen LogP contribution in [0.3, 0.4) is 0 Å². The van der Waals surface area contributed by atoms with Crippen molar-refractivity contribution < 1.29 is 0 Å². The highest BCUT2D eigenvalue weighted by Gasteiger charge is 2.20. The van der Waals surface area contributed by atoms with Gasteiger partial charge in [0.05, 0.1) is 33.8 Å². The van der Waals surface area contributed by atoms with E-state index < -0.39 is 0 Å². The summed E-state index contributed by atoms with van der Waals surface area (Å²) in [6.45, 7) is 0. The molecule has 3 nitrogen and oxygen atoms in total. The Hall–Kier alpha value is -6.58. The van der Waals surface area contributed by atoms with Crippen molar-refractivity contribution in [3.05, 3.63) is 170 Å². The minimum atomic E-state index is 0.924. The lowest BCUT2D eigenvalue weighted by molar-refractivity contribution is 1.30. The molecule has 0 fully saturated rings. The highest BCUT2D eigenvalue weighted by Crippen LogP contribution is 2.43. The minimum absolute atomic E-state index is 0.924. The number of H-pyrrole nitrogens is 1. The molecule has 228 valence electrons. The molecule has 3 heteroatoms. The first-order valence-corrected chi connectivity index (χ1v) is 16.7. The van der Waals surface area contributed by atoms with Gasteiger partial charge in [0.25, 0.3) is 0 Å². The van der Waals surface area contributed by atoms with Gasteiger partial charge in [-0.1, -0.05) is 115 Å². The zero-order chi connectivity index (χ0) is 32.3. The number of nitrogens with one attached hydrogen (secondary N) is 1. The van der Waals surface area contributed by atoms with Gasteiger partial charge >= 0.3 is 0 Å². The van der Waals surface area contributed by atoms with Crippen molar-refractivity contribution in [3.63, 3.8) is 0 Å². The molecule has 8 bridgehead atoms. The van der Waals surface area contributed by atoms with Crippen LogP contribution in [0.1, 0.15) is 0 Å². The van der Waals surface area contributed by atoms with Crippen molar-refractivity contribution in [2.45, 2.75) is 0 Å². The molecule has 0 spiro atoms. The maximum Gasteiger partial charge on any atom is 0.0737 e. The second-order valence-corrected chi connectivity index (χ2v) is 12.7. The van der Waals surface area contributed by atoms with E-state index in [0.717, 1.165) is 89.1 Å². The van der Waals surface area contributed by atoms with Crippen LogP contribution in [0.15, 0.2) is 170 Å². The van der Waals surface area contributed by atoms with Gasteiger partial charge < -0.3 is 4.98 Å². The van der Waals surface area contributed by atoms with Gasteiger partial charge in [0.15, 0.2) is 0 Å². The fraction of sp³-hybridized carbons (Fsp3) is 0. The van der Waals surface area contributed by atoms with Crippen LogP contribution in [0, 0.1) is 0 Å². The second kappa shape index (κ2) is 11.0. The Morgan fingerprint density at radius 2 is 0.714 bits per heavy atom. The van der Waals surface area contributed by atoms with E-state index in [1.165, 1.54) is 11.1 Å². The first-order valence-electron chi connectivity index (χ1n) is 16.7.